The Kier molecular flexibility index (Phi) is 4.68. The SMILES string of the molecule is O=Cc1cnc2c(Nc3cccc(Br)c3Cl)nc(C(F)F)nc2c1. The Morgan fingerprint density at radius 2 is 2.08 bits per heavy atom. The highest BCUT2D eigenvalue weighted by Gasteiger charge is 2.17. The number of aromatic nitrogens is 3. The van der Waals surface area contributed by atoms with Crippen molar-refractivity contribution in [2.45, 2.75) is 6.43 Å². The van der Waals surface area contributed by atoms with Gasteiger partial charge in [-0.25, -0.2) is 23.7 Å². The molecule has 0 unspecified atom stereocenters. The van der Waals surface area contributed by atoms with E-state index in [4.69, 9.17) is 11.6 Å². The number of aldehydes is 1. The molecule has 1 aromatic carbocycles. The van der Waals surface area contributed by atoms with Gasteiger partial charge in [0.25, 0.3) is 6.43 Å². The van der Waals surface area contributed by atoms with Gasteiger partial charge in [-0.1, -0.05) is 17.7 Å². The third kappa shape index (κ3) is 3.20. The Bertz CT molecular complexity index is 939. The predicted molar refractivity (Wildman–Crippen MR) is 90.1 cm³/mol. The third-order valence-corrected chi connectivity index (χ3v) is 4.41. The van der Waals surface area contributed by atoms with Gasteiger partial charge in [-0.2, -0.15) is 0 Å². The number of anilines is 2. The Labute approximate surface area is 148 Å². The molecule has 0 fully saturated rings. The van der Waals surface area contributed by atoms with E-state index in [1.807, 2.05) is 0 Å². The fraction of sp³-hybridized carbons (Fsp3) is 0.0667. The number of halogens is 4. The van der Waals surface area contributed by atoms with Crippen molar-refractivity contribution in [1.82, 2.24) is 15.0 Å². The van der Waals surface area contributed by atoms with E-state index in [0.29, 0.717) is 21.5 Å². The molecule has 3 rings (SSSR count). The summed E-state index contributed by atoms with van der Waals surface area (Å²) in [4.78, 5) is 22.5. The maximum Gasteiger partial charge on any atom is 0.297 e. The van der Waals surface area contributed by atoms with Crippen LogP contribution in [0.1, 0.15) is 22.6 Å². The number of carbonyl (C=O) groups excluding carboxylic acids is 1. The highest BCUT2D eigenvalue weighted by atomic mass is 79.9. The van der Waals surface area contributed by atoms with Gasteiger partial charge in [0.15, 0.2) is 17.9 Å². The van der Waals surface area contributed by atoms with Gasteiger partial charge < -0.3 is 5.32 Å². The Hall–Kier alpha value is -2.19. The van der Waals surface area contributed by atoms with E-state index >= 15 is 0 Å². The summed E-state index contributed by atoms with van der Waals surface area (Å²) in [5.74, 6) is -0.589. The lowest BCUT2D eigenvalue weighted by Gasteiger charge is -2.12. The van der Waals surface area contributed by atoms with Crippen LogP contribution < -0.4 is 5.32 Å². The van der Waals surface area contributed by atoms with Crippen LogP contribution in [0.15, 0.2) is 34.9 Å². The summed E-state index contributed by atoms with van der Waals surface area (Å²) in [6.45, 7) is 0. The first-order valence-corrected chi connectivity index (χ1v) is 7.78. The average molecular weight is 414 g/mol. The molecule has 0 amide bonds. The lowest BCUT2D eigenvalue weighted by Crippen LogP contribution is -2.04. The Morgan fingerprint density at radius 1 is 1.29 bits per heavy atom. The van der Waals surface area contributed by atoms with E-state index in [0.717, 1.165) is 0 Å². The first-order chi connectivity index (χ1) is 11.5. The molecule has 0 aliphatic heterocycles. The van der Waals surface area contributed by atoms with Crippen molar-refractivity contribution in [2.24, 2.45) is 0 Å². The molecular weight excluding hydrogens is 406 g/mol. The molecule has 122 valence electrons. The standard InChI is InChI=1S/C15H8BrClF2N4O/c16-8-2-1-3-9(11(8)17)21-14-12-10(4-7(6-24)5-20-12)22-15(23-14)13(18)19/h1-6,13H,(H,21,22,23). The van der Waals surface area contributed by atoms with E-state index < -0.39 is 12.2 Å². The molecule has 1 N–H and O–H groups in total. The molecule has 9 heteroatoms. The number of rotatable bonds is 4. The number of hydrogen-bond donors (Lipinski definition) is 1. The summed E-state index contributed by atoms with van der Waals surface area (Å²) < 4.78 is 26.8. The number of nitrogens with zero attached hydrogens (tertiary/aromatic N) is 3. The second kappa shape index (κ2) is 6.74. The fourth-order valence-electron chi connectivity index (χ4n) is 2.03. The average Bonchev–Trinajstić information content (AvgIpc) is 2.58. The molecule has 24 heavy (non-hydrogen) atoms. The predicted octanol–water partition coefficient (Wildman–Crippen LogP) is 4.93. The van der Waals surface area contributed by atoms with E-state index in [2.05, 4.69) is 36.2 Å². The minimum absolute atomic E-state index is 0.0766. The fourth-order valence-corrected chi connectivity index (χ4v) is 2.57. The van der Waals surface area contributed by atoms with Crippen molar-refractivity contribution >= 4 is 56.4 Å². The zero-order valence-corrected chi connectivity index (χ0v) is 14.1. The molecule has 0 saturated heterocycles. The number of fused-ring (bicyclic) bond motifs is 1. The van der Waals surface area contributed by atoms with E-state index in [1.165, 1.54) is 12.3 Å². The number of alkyl halides is 2. The van der Waals surface area contributed by atoms with Crippen molar-refractivity contribution in [3.05, 3.63) is 51.3 Å². The summed E-state index contributed by atoms with van der Waals surface area (Å²) in [7, 11) is 0. The van der Waals surface area contributed by atoms with Gasteiger partial charge in [0.1, 0.15) is 5.52 Å². The maximum absolute atomic E-state index is 13.1. The number of carbonyl (C=O) groups is 1. The molecule has 0 atom stereocenters. The van der Waals surface area contributed by atoms with Crippen LogP contribution in [0.25, 0.3) is 11.0 Å². The lowest BCUT2D eigenvalue weighted by molar-refractivity contribution is 0.112. The third-order valence-electron chi connectivity index (χ3n) is 3.11. The molecule has 2 aromatic heterocycles. The van der Waals surface area contributed by atoms with E-state index in [1.54, 1.807) is 18.2 Å². The van der Waals surface area contributed by atoms with Gasteiger partial charge >= 0.3 is 0 Å². The lowest BCUT2D eigenvalue weighted by atomic mass is 10.2. The van der Waals surface area contributed by atoms with Crippen LogP contribution in [-0.2, 0) is 0 Å². The minimum atomic E-state index is -2.87. The topological polar surface area (TPSA) is 67.8 Å². The van der Waals surface area contributed by atoms with Crippen LogP contribution in [0.4, 0.5) is 20.3 Å². The van der Waals surface area contributed by atoms with E-state index in [9.17, 15) is 13.6 Å². The number of pyridine rings is 1. The van der Waals surface area contributed by atoms with Crippen LogP contribution in [0, 0.1) is 0 Å². The molecule has 0 bridgehead atoms. The molecule has 0 aliphatic carbocycles. The molecule has 0 spiro atoms. The Balaban J connectivity index is 2.18. The van der Waals surface area contributed by atoms with E-state index in [-0.39, 0.29) is 22.4 Å². The number of hydrogen-bond acceptors (Lipinski definition) is 5. The maximum atomic E-state index is 13.1. The van der Waals surface area contributed by atoms with Gasteiger partial charge in [0.05, 0.1) is 16.2 Å². The molecule has 0 aliphatic rings. The molecule has 3 aromatic rings. The van der Waals surface area contributed by atoms with Crippen molar-refractivity contribution < 1.29 is 13.6 Å². The summed E-state index contributed by atoms with van der Waals surface area (Å²) in [5.41, 5.74) is 1.08. The monoisotopic (exact) mass is 412 g/mol. The van der Waals surface area contributed by atoms with Gasteiger partial charge in [-0.3, -0.25) is 4.79 Å². The van der Waals surface area contributed by atoms with Crippen molar-refractivity contribution in [3.63, 3.8) is 0 Å². The normalized spacial score (nSPS) is 11.0. The molecule has 0 radical (unpaired) electrons. The van der Waals surface area contributed by atoms with Crippen LogP contribution in [0.5, 0.6) is 0 Å². The highest BCUT2D eigenvalue weighted by Crippen LogP contribution is 2.33. The van der Waals surface area contributed by atoms with Crippen molar-refractivity contribution in [2.75, 3.05) is 5.32 Å². The first kappa shape index (κ1) is 16.7. The summed E-state index contributed by atoms with van der Waals surface area (Å²) >= 11 is 9.46. The smallest absolute Gasteiger partial charge is 0.297 e. The molecule has 5 nitrogen and oxygen atoms in total. The van der Waals surface area contributed by atoms with Gasteiger partial charge in [0.2, 0.25) is 0 Å². The number of nitrogens with one attached hydrogen (secondary N) is 1. The van der Waals surface area contributed by atoms with Gasteiger partial charge in [0, 0.05) is 16.2 Å². The second-order valence-corrected chi connectivity index (χ2v) is 5.94. The second-order valence-electron chi connectivity index (χ2n) is 4.71. The van der Waals surface area contributed by atoms with Gasteiger partial charge in [-0.05, 0) is 34.1 Å². The quantitative estimate of drug-likeness (QED) is 0.614. The number of benzene rings is 1. The zero-order chi connectivity index (χ0) is 17.3. The summed E-state index contributed by atoms with van der Waals surface area (Å²) in [5, 5.41) is 3.26. The van der Waals surface area contributed by atoms with Crippen LogP contribution in [0.3, 0.4) is 0 Å². The summed E-state index contributed by atoms with van der Waals surface area (Å²) in [6, 6.07) is 6.51. The molecular formula is C15H8BrClF2N4O. The first-order valence-electron chi connectivity index (χ1n) is 6.61. The Morgan fingerprint density at radius 3 is 2.79 bits per heavy atom. The largest absolute Gasteiger partial charge is 0.337 e. The summed E-state index contributed by atoms with van der Waals surface area (Å²) in [6.07, 6.45) is -0.989. The van der Waals surface area contributed by atoms with Crippen LogP contribution in [-0.4, -0.2) is 21.2 Å². The van der Waals surface area contributed by atoms with Crippen molar-refractivity contribution in [3.8, 4) is 0 Å². The minimum Gasteiger partial charge on any atom is -0.337 e. The molecule has 0 saturated carbocycles. The van der Waals surface area contributed by atoms with Crippen LogP contribution >= 0.6 is 27.5 Å². The highest BCUT2D eigenvalue weighted by molar-refractivity contribution is 9.10. The molecule has 2 heterocycles. The zero-order valence-electron chi connectivity index (χ0n) is 11.8. The van der Waals surface area contributed by atoms with Crippen molar-refractivity contribution in [1.29, 1.82) is 0 Å². The van der Waals surface area contributed by atoms with Gasteiger partial charge in [-0.15, -0.1) is 0 Å². The van der Waals surface area contributed by atoms with Crippen LogP contribution in [0.2, 0.25) is 5.02 Å².